The summed E-state index contributed by atoms with van der Waals surface area (Å²) in [5, 5.41) is 4.59. The summed E-state index contributed by atoms with van der Waals surface area (Å²) in [7, 11) is 0. The van der Waals surface area contributed by atoms with Gasteiger partial charge in [-0.2, -0.15) is 0 Å². The van der Waals surface area contributed by atoms with Crippen LogP contribution in [-0.4, -0.2) is 18.5 Å². The molecule has 0 bridgehead atoms. The lowest BCUT2D eigenvalue weighted by atomic mass is 10.3. The quantitative estimate of drug-likeness (QED) is 0.476. The Labute approximate surface area is 160 Å². The van der Waals surface area contributed by atoms with Crippen LogP contribution in [-0.2, 0) is 14.3 Å². The van der Waals surface area contributed by atoms with Crippen LogP contribution >= 0.6 is 11.3 Å². The first kappa shape index (κ1) is 18.4. The van der Waals surface area contributed by atoms with E-state index in [1.54, 1.807) is 30.3 Å². The number of hydrogen-bond acceptors (Lipinski definition) is 5. The molecule has 1 N–H and O–H groups in total. The molecule has 5 nitrogen and oxygen atoms in total. The highest BCUT2D eigenvalue weighted by Gasteiger charge is 2.07. The fraction of sp³-hybridized carbons (Fsp3) is 0.0476. The van der Waals surface area contributed by atoms with Crippen LogP contribution in [0.4, 0.5) is 5.69 Å². The maximum Gasteiger partial charge on any atom is 0.331 e. The van der Waals surface area contributed by atoms with Gasteiger partial charge in [0.2, 0.25) is 0 Å². The lowest BCUT2D eigenvalue weighted by molar-refractivity contribution is -0.142. The Bertz CT molecular complexity index is 920. The largest absolute Gasteiger partial charge is 0.457 e. The molecule has 0 radical (unpaired) electrons. The topological polar surface area (TPSA) is 64.6 Å². The predicted molar refractivity (Wildman–Crippen MR) is 106 cm³/mol. The molecular weight excluding hydrogens is 362 g/mol. The van der Waals surface area contributed by atoms with E-state index >= 15 is 0 Å². The smallest absolute Gasteiger partial charge is 0.331 e. The maximum absolute atomic E-state index is 12.0. The van der Waals surface area contributed by atoms with E-state index in [2.05, 4.69) is 5.32 Å². The number of carbonyl (C=O) groups is 2. The van der Waals surface area contributed by atoms with Crippen molar-refractivity contribution < 1.29 is 19.1 Å². The van der Waals surface area contributed by atoms with Gasteiger partial charge in [-0.05, 0) is 41.8 Å². The molecule has 27 heavy (non-hydrogen) atoms. The summed E-state index contributed by atoms with van der Waals surface area (Å²) in [5.41, 5.74) is 0.554. The second kappa shape index (κ2) is 9.35. The summed E-state index contributed by atoms with van der Waals surface area (Å²) in [6.07, 6.45) is 2.95. The van der Waals surface area contributed by atoms with Crippen molar-refractivity contribution >= 4 is 35.0 Å². The van der Waals surface area contributed by atoms with Gasteiger partial charge in [0.05, 0.1) is 0 Å². The van der Waals surface area contributed by atoms with Crippen molar-refractivity contribution in [2.75, 3.05) is 11.9 Å². The molecule has 1 aromatic heterocycles. The molecule has 0 atom stereocenters. The summed E-state index contributed by atoms with van der Waals surface area (Å²) in [6.45, 7) is -0.364. The molecule has 1 amide bonds. The average molecular weight is 379 g/mol. The van der Waals surface area contributed by atoms with E-state index in [9.17, 15) is 9.59 Å². The van der Waals surface area contributed by atoms with E-state index in [0.29, 0.717) is 17.2 Å². The average Bonchev–Trinajstić information content (AvgIpc) is 3.19. The summed E-state index contributed by atoms with van der Waals surface area (Å²) < 4.78 is 10.7. The minimum Gasteiger partial charge on any atom is -0.457 e. The molecule has 0 aliphatic heterocycles. The molecule has 0 aliphatic carbocycles. The molecule has 0 saturated heterocycles. The lowest BCUT2D eigenvalue weighted by Crippen LogP contribution is -2.20. The minimum absolute atomic E-state index is 0.364. The van der Waals surface area contributed by atoms with Crippen LogP contribution in [0, 0.1) is 0 Å². The van der Waals surface area contributed by atoms with Crippen molar-refractivity contribution in [1.82, 2.24) is 0 Å². The van der Waals surface area contributed by atoms with Crippen LogP contribution in [0.25, 0.3) is 6.08 Å². The van der Waals surface area contributed by atoms with Gasteiger partial charge >= 0.3 is 5.97 Å². The van der Waals surface area contributed by atoms with Crippen molar-refractivity contribution in [2.24, 2.45) is 0 Å². The summed E-state index contributed by atoms with van der Waals surface area (Å²) >= 11 is 1.51. The fourth-order valence-electron chi connectivity index (χ4n) is 2.18. The van der Waals surface area contributed by atoms with E-state index in [-0.39, 0.29) is 6.61 Å². The highest BCUT2D eigenvalue weighted by atomic mass is 32.1. The first-order valence-electron chi connectivity index (χ1n) is 8.20. The van der Waals surface area contributed by atoms with Gasteiger partial charge < -0.3 is 14.8 Å². The number of hydrogen-bond donors (Lipinski definition) is 1. The molecule has 0 saturated carbocycles. The molecule has 3 aromatic rings. The van der Waals surface area contributed by atoms with Gasteiger partial charge in [0.15, 0.2) is 6.61 Å². The Morgan fingerprint density at radius 1 is 0.963 bits per heavy atom. The Morgan fingerprint density at radius 3 is 2.56 bits per heavy atom. The normalized spacial score (nSPS) is 10.5. The third kappa shape index (κ3) is 6.13. The van der Waals surface area contributed by atoms with E-state index in [1.165, 1.54) is 17.4 Å². The van der Waals surface area contributed by atoms with Crippen LogP contribution in [0.3, 0.4) is 0 Å². The minimum atomic E-state index is -0.570. The second-order valence-electron chi connectivity index (χ2n) is 5.45. The van der Waals surface area contributed by atoms with E-state index in [0.717, 1.165) is 4.88 Å². The number of amides is 1. The van der Waals surface area contributed by atoms with Crippen LogP contribution in [0.2, 0.25) is 0 Å². The molecule has 0 fully saturated rings. The highest BCUT2D eigenvalue weighted by Crippen LogP contribution is 2.23. The zero-order chi connectivity index (χ0) is 18.9. The molecule has 136 valence electrons. The number of nitrogens with one attached hydrogen (secondary N) is 1. The first-order valence-corrected chi connectivity index (χ1v) is 9.08. The summed E-state index contributed by atoms with van der Waals surface area (Å²) in [5.74, 6) is 0.298. The second-order valence-corrected chi connectivity index (χ2v) is 6.43. The monoisotopic (exact) mass is 379 g/mol. The van der Waals surface area contributed by atoms with Gasteiger partial charge in [-0.1, -0.05) is 30.3 Å². The van der Waals surface area contributed by atoms with Crippen LogP contribution in [0.5, 0.6) is 11.5 Å². The number of esters is 1. The van der Waals surface area contributed by atoms with Crippen LogP contribution < -0.4 is 10.1 Å². The van der Waals surface area contributed by atoms with Crippen molar-refractivity contribution in [2.45, 2.75) is 0 Å². The van der Waals surface area contributed by atoms with Gasteiger partial charge in [0, 0.05) is 22.7 Å². The van der Waals surface area contributed by atoms with Crippen LogP contribution in [0.1, 0.15) is 4.88 Å². The van der Waals surface area contributed by atoms with E-state index < -0.39 is 11.9 Å². The molecule has 0 aliphatic rings. The van der Waals surface area contributed by atoms with Gasteiger partial charge in [-0.3, -0.25) is 4.79 Å². The first-order chi connectivity index (χ1) is 13.2. The standard InChI is InChI=1S/C21H17NO4S/c23-20(15-25-21(24)12-11-19-10-5-13-27-19)22-16-6-4-9-18(14-16)26-17-7-2-1-3-8-17/h1-14H,15H2,(H,22,23)/b12-11+. The molecule has 6 heteroatoms. The van der Waals surface area contributed by atoms with Crippen molar-refractivity contribution in [3.05, 3.63) is 83.1 Å². The lowest BCUT2D eigenvalue weighted by Gasteiger charge is -2.09. The molecule has 2 aromatic carbocycles. The van der Waals surface area contributed by atoms with Gasteiger partial charge in [0.25, 0.3) is 5.91 Å². The molecule has 1 heterocycles. The molecular formula is C21H17NO4S. The number of para-hydroxylation sites is 1. The third-order valence-electron chi connectivity index (χ3n) is 3.37. The Morgan fingerprint density at radius 2 is 1.78 bits per heavy atom. The number of carbonyl (C=O) groups excluding carboxylic acids is 2. The number of thiophene rings is 1. The Balaban J connectivity index is 1.49. The SMILES string of the molecule is O=C(COC(=O)/C=C/c1cccs1)Nc1cccc(Oc2ccccc2)c1. The Hall–Kier alpha value is -3.38. The number of anilines is 1. The molecule has 0 spiro atoms. The van der Waals surface area contributed by atoms with Gasteiger partial charge in [-0.25, -0.2) is 4.79 Å². The summed E-state index contributed by atoms with van der Waals surface area (Å²) in [6, 6.07) is 20.1. The number of rotatable bonds is 7. The van der Waals surface area contributed by atoms with Crippen LogP contribution in [0.15, 0.2) is 78.2 Å². The maximum atomic E-state index is 12.0. The zero-order valence-corrected chi connectivity index (χ0v) is 15.1. The zero-order valence-electron chi connectivity index (χ0n) is 14.3. The van der Waals surface area contributed by atoms with Crippen molar-refractivity contribution in [3.8, 4) is 11.5 Å². The summed E-state index contributed by atoms with van der Waals surface area (Å²) in [4.78, 5) is 24.6. The van der Waals surface area contributed by atoms with Crippen molar-refractivity contribution in [3.63, 3.8) is 0 Å². The molecule has 3 rings (SSSR count). The number of ether oxygens (including phenoxy) is 2. The highest BCUT2D eigenvalue weighted by molar-refractivity contribution is 7.10. The van der Waals surface area contributed by atoms with Gasteiger partial charge in [0.1, 0.15) is 11.5 Å². The predicted octanol–water partition coefficient (Wildman–Crippen LogP) is 4.74. The fourth-order valence-corrected chi connectivity index (χ4v) is 2.80. The third-order valence-corrected chi connectivity index (χ3v) is 4.21. The Kier molecular flexibility index (Phi) is 6.38. The number of benzene rings is 2. The van der Waals surface area contributed by atoms with Crippen molar-refractivity contribution in [1.29, 1.82) is 0 Å². The molecule has 0 unspecified atom stereocenters. The van der Waals surface area contributed by atoms with E-state index in [1.807, 2.05) is 47.8 Å². The van der Waals surface area contributed by atoms with Gasteiger partial charge in [-0.15, -0.1) is 11.3 Å². The van der Waals surface area contributed by atoms with E-state index in [4.69, 9.17) is 9.47 Å².